The third-order valence-electron chi connectivity index (χ3n) is 6.00. The van der Waals surface area contributed by atoms with Crippen LogP contribution in [0.1, 0.15) is 86.9 Å². The number of anilines is 1. The molecule has 1 fully saturated rings. The highest BCUT2D eigenvalue weighted by Gasteiger charge is 2.24. The average Bonchev–Trinajstić information content (AvgIpc) is 2.77. The van der Waals surface area contributed by atoms with Crippen molar-refractivity contribution in [2.75, 3.05) is 5.32 Å². The summed E-state index contributed by atoms with van der Waals surface area (Å²) in [6.45, 7) is 7.33. The van der Waals surface area contributed by atoms with Crippen molar-refractivity contribution in [3.63, 3.8) is 0 Å². The standard InChI is InChI=1S/C26H33FN2O4/c1-15(2)18-6-5-7-19(12-18)16(3)33-24-14-20(13-23(27)25(24)28-17(4)30)26(32)29-21-8-10-22(31)11-9-21/h5-7,12-16,21-22,31H,8-11H2,1-4H3,(H,28,30)(H,29,32). The molecule has 1 unspecified atom stereocenters. The van der Waals surface area contributed by atoms with Crippen LogP contribution in [0.2, 0.25) is 0 Å². The van der Waals surface area contributed by atoms with Crippen molar-refractivity contribution >= 4 is 17.5 Å². The molecule has 1 aliphatic carbocycles. The van der Waals surface area contributed by atoms with E-state index in [9.17, 15) is 19.1 Å². The largest absolute Gasteiger partial charge is 0.484 e. The zero-order chi connectivity index (χ0) is 24.1. The van der Waals surface area contributed by atoms with Gasteiger partial charge in [-0.1, -0.05) is 38.1 Å². The van der Waals surface area contributed by atoms with Crippen LogP contribution in [-0.2, 0) is 4.79 Å². The Balaban J connectivity index is 1.86. The number of carbonyl (C=O) groups excluding carboxylic acids is 2. The number of nitrogens with one attached hydrogen (secondary N) is 2. The number of benzene rings is 2. The monoisotopic (exact) mass is 456 g/mol. The molecule has 3 N–H and O–H groups in total. The van der Waals surface area contributed by atoms with Gasteiger partial charge >= 0.3 is 0 Å². The van der Waals surface area contributed by atoms with E-state index in [1.54, 1.807) is 0 Å². The SMILES string of the molecule is CC(=O)Nc1c(F)cc(C(=O)NC2CCC(O)CC2)cc1OC(C)c1cccc(C(C)C)c1. The summed E-state index contributed by atoms with van der Waals surface area (Å²) in [7, 11) is 0. The number of carbonyl (C=O) groups is 2. The first-order valence-electron chi connectivity index (χ1n) is 11.5. The molecule has 1 atom stereocenters. The predicted octanol–water partition coefficient (Wildman–Crippen LogP) is 5.08. The fourth-order valence-corrected chi connectivity index (χ4v) is 4.02. The molecule has 2 aromatic carbocycles. The van der Waals surface area contributed by atoms with Crippen molar-refractivity contribution in [1.29, 1.82) is 0 Å². The van der Waals surface area contributed by atoms with Gasteiger partial charge in [-0.25, -0.2) is 4.39 Å². The van der Waals surface area contributed by atoms with E-state index in [-0.39, 0.29) is 29.1 Å². The van der Waals surface area contributed by atoms with Crippen molar-refractivity contribution in [2.24, 2.45) is 0 Å². The molecular weight excluding hydrogens is 423 g/mol. The number of amides is 2. The van der Waals surface area contributed by atoms with Gasteiger partial charge in [0.25, 0.3) is 5.91 Å². The molecule has 7 heteroatoms. The molecule has 33 heavy (non-hydrogen) atoms. The number of aliphatic hydroxyl groups excluding tert-OH is 1. The molecule has 2 aromatic rings. The van der Waals surface area contributed by atoms with Crippen molar-refractivity contribution in [3.8, 4) is 5.75 Å². The minimum absolute atomic E-state index is 0.0685. The van der Waals surface area contributed by atoms with E-state index in [0.717, 1.165) is 17.2 Å². The molecule has 1 saturated carbocycles. The molecule has 3 rings (SSSR count). The molecule has 178 valence electrons. The highest BCUT2D eigenvalue weighted by molar-refractivity contribution is 5.97. The summed E-state index contributed by atoms with van der Waals surface area (Å²) >= 11 is 0. The van der Waals surface area contributed by atoms with E-state index in [0.29, 0.717) is 31.6 Å². The first kappa shape index (κ1) is 24.7. The Morgan fingerprint density at radius 2 is 1.73 bits per heavy atom. The minimum atomic E-state index is -0.741. The number of hydrogen-bond acceptors (Lipinski definition) is 4. The van der Waals surface area contributed by atoms with E-state index in [2.05, 4.69) is 24.5 Å². The molecule has 0 heterocycles. The maximum absolute atomic E-state index is 15.0. The summed E-state index contributed by atoms with van der Waals surface area (Å²) in [5.41, 5.74) is 2.09. The van der Waals surface area contributed by atoms with Gasteiger partial charge in [0.2, 0.25) is 5.91 Å². The van der Waals surface area contributed by atoms with Gasteiger partial charge in [0, 0.05) is 18.5 Å². The van der Waals surface area contributed by atoms with Crippen LogP contribution >= 0.6 is 0 Å². The van der Waals surface area contributed by atoms with Gasteiger partial charge in [-0.05, 0) is 61.8 Å². The van der Waals surface area contributed by atoms with E-state index < -0.39 is 23.7 Å². The third kappa shape index (κ3) is 6.54. The van der Waals surface area contributed by atoms with Crippen LogP contribution in [0.5, 0.6) is 5.75 Å². The maximum Gasteiger partial charge on any atom is 0.251 e. The fourth-order valence-electron chi connectivity index (χ4n) is 4.02. The topological polar surface area (TPSA) is 87.7 Å². The van der Waals surface area contributed by atoms with Gasteiger partial charge in [-0.3, -0.25) is 9.59 Å². The van der Waals surface area contributed by atoms with Crippen LogP contribution in [0.25, 0.3) is 0 Å². The number of halogens is 1. The second-order valence-corrected chi connectivity index (χ2v) is 9.08. The Labute approximate surface area is 194 Å². The minimum Gasteiger partial charge on any atom is -0.484 e. The van der Waals surface area contributed by atoms with Crippen LogP contribution in [0, 0.1) is 5.82 Å². The lowest BCUT2D eigenvalue weighted by Gasteiger charge is -2.26. The van der Waals surface area contributed by atoms with Crippen LogP contribution in [-0.4, -0.2) is 29.1 Å². The molecule has 2 amide bonds. The lowest BCUT2D eigenvalue weighted by atomic mass is 9.93. The van der Waals surface area contributed by atoms with E-state index in [1.807, 2.05) is 31.2 Å². The average molecular weight is 457 g/mol. The third-order valence-corrected chi connectivity index (χ3v) is 6.00. The normalized spacial score (nSPS) is 19.1. The summed E-state index contributed by atoms with van der Waals surface area (Å²) in [5, 5.41) is 15.1. The Morgan fingerprint density at radius 1 is 1.06 bits per heavy atom. The molecule has 6 nitrogen and oxygen atoms in total. The maximum atomic E-state index is 15.0. The summed E-state index contributed by atoms with van der Waals surface area (Å²) in [4.78, 5) is 24.5. The van der Waals surface area contributed by atoms with E-state index in [4.69, 9.17) is 4.74 Å². The highest BCUT2D eigenvalue weighted by Crippen LogP contribution is 2.34. The summed E-state index contributed by atoms with van der Waals surface area (Å²) in [6, 6.07) is 10.5. The molecule has 1 aliphatic rings. The molecule has 0 aromatic heterocycles. The zero-order valence-corrected chi connectivity index (χ0v) is 19.7. The smallest absolute Gasteiger partial charge is 0.251 e. The fraction of sp³-hybridized carbons (Fsp3) is 0.462. The van der Waals surface area contributed by atoms with Crippen molar-refractivity contribution in [3.05, 3.63) is 58.9 Å². The Hall–Kier alpha value is -2.93. The van der Waals surface area contributed by atoms with Crippen LogP contribution in [0.3, 0.4) is 0 Å². The molecule has 0 spiro atoms. The van der Waals surface area contributed by atoms with Gasteiger partial charge in [0.1, 0.15) is 17.5 Å². The molecular formula is C26H33FN2O4. The van der Waals surface area contributed by atoms with Crippen LogP contribution < -0.4 is 15.4 Å². The van der Waals surface area contributed by atoms with Gasteiger partial charge < -0.3 is 20.5 Å². The highest BCUT2D eigenvalue weighted by atomic mass is 19.1. The number of hydrogen-bond donors (Lipinski definition) is 3. The van der Waals surface area contributed by atoms with Gasteiger partial charge in [-0.2, -0.15) is 0 Å². The van der Waals surface area contributed by atoms with Gasteiger partial charge in [0.15, 0.2) is 5.82 Å². The lowest BCUT2D eigenvalue weighted by Crippen LogP contribution is -2.38. The molecule has 0 bridgehead atoms. The molecule has 0 saturated heterocycles. The number of aliphatic hydroxyl groups is 1. The summed E-state index contributed by atoms with van der Waals surface area (Å²) < 4.78 is 21.1. The second-order valence-electron chi connectivity index (χ2n) is 9.08. The quantitative estimate of drug-likeness (QED) is 0.542. The number of ether oxygens (including phenoxy) is 1. The van der Waals surface area contributed by atoms with Crippen LogP contribution in [0.15, 0.2) is 36.4 Å². The van der Waals surface area contributed by atoms with Crippen molar-refractivity contribution in [1.82, 2.24) is 5.32 Å². The summed E-state index contributed by atoms with van der Waals surface area (Å²) in [6.07, 6.45) is 1.83. The Bertz CT molecular complexity index is 1000. The number of rotatable bonds is 7. The Kier molecular flexibility index (Phi) is 8.08. The second kappa shape index (κ2) is 10.8. The summed E-state index contributed by atoms with van der Waals surface area (Å²) in [5.74, 6) is -1.15. The van der Waals surface area contributed by atoms with E-state index >= 15 is 0 Å². The Morgan fingerprint density at radius 3 is 2.36 bits per heavy atom. The van der Waals surface area contributed by atoms with Crippen molar-refractivity contribution < 1.29 is 23.8 Å². The molecule has 0 radical (unpaired) electrons. The predicted molar refractivity (Wildman–Crippen MR) is 126 cm³/mol. The lowest BCUT2D eigenvalue weighted by molar-refractivity contribution is -0.114. The van der Waals surface area contributed by atoms with Gasteiger partial charge in [0.05, 0.1) is 6.10 Å². The first-order valence-corrected chi connectivity index (χ1v) is 11.5. The van der Waals surface area contributed by atoms with E-state index in [1.165, 1.54) is 13.0 Å². The van der Waals surface area contributed by atoms with Crippen LogP contribution in [0.4, 0.5) is 10.1 Å². The molecule has 0 aliphatic heterocycles. The first-order chi connectivity index (χ1) is 15.6. The zero-order valence-electron chi connectivity index (χ0n) is 19.7. The van der Waals surface area contributed by atoms with Crippen molar-refractivity contribution in [2.45, 2.75) is 77.5 Å². The van der Waals surface area contributed by atoms with Gasteiger partial charge in [-0.15, -0.1) is 0 Å².